The van der Waals surface area contributed by atoms with E-state index in [1.165, 1.54) is 31.2 Å². The molecule has 33 heavy (non-hydrogen) atoms. The molecular formula is C28H34N2O3. The molecular weight excluding hydrogens is 412 g/mol. The van der Waals surface area contributed by atoms with E-state index in [0.717, 1.165) is 29.5 Å². The molecule has 174 valence electrons. The monoisotopic (exact) mass is 446 g/mol. The second kappa shape index (κ2) is 12.7. The van der Waals surface area contributed by atoms with Crippen LogP contribution in [0.5, 0.6) is 5.75 Å². The molecule has 0 spiro atoms. The standard InChI is InChI=1S/C28H34N2O3/c1-4-6-7-8-10-16-23-17-13-18-25(22-14-11-9-12-15-22)26(23)27-29-19-24(20-30-27)33-21(3)28(31)32-5-2/h9,11-15,17-21H,4-8,10,16H2,1-3H3/t21-/m0/s1. The summed E-state index contributed by atoms with van der Waals surface area (Å²) in [5, 5.41) is 0. The summed E-state index contributed by atoms with van der Waals surface area (Å²) in [7, 11) is 0. The maximum Gasteiger partial charge on any atom is 0.347 e. The van der Waals surface area contributed by atoms with Crippen LogP contribution in [0.4, 0.5) is 0 Å². The van der Waals surface area contributed by atoms with Crippen molar-refractivity contribution in [2.75, 3.05) is 6.61 Å². The molecule has 0 saturated carbocycles. The summed E-state index contributed by atoms with van der Waals surface area (Å²) in [6.07, 6.45) is 9.70. The number of esters is 1. The zero-order valence-electron chi connectivity index (χ0n) is 19.9. The van der Waals surface area contributed by atoms with E-state index in [9.17, 15) is 4.79 Å². The lowest BCUT2D eigenvalue weighted by Gasteiger charge is -2.16. The molecule has 5 nitrogen and oxygen atoms in total. The highest BCUT2D eigenvalue weighted by Gasteiger charge is 2.18. The van der Waals surface area contributed by atoms with E-state index < -0.39 is 12.1 Å². The van der Waals surface area contributed by atoms with E-state index in [4.69, 9.17) is 9.47 Å². The molecule has 0 radical (unpaired) electrons. The van der Waals surface area contributed by atoms with E-state index >= 15 is 0 Å². The Labute approximate surface area is 197 Å². The van der Waals surface area contributed by atoms with Crippen LogP contribution in [0.1, 0.15) is 58.4 Å². The van der Waals surface area contributed by atoms with Gasteiger partial charge in [0.1, 0.15) is 0 Å². The van der Waals surface area contributed by atoms with E-state index in [1.807, 2.05) is 18.2 Å². The van der Waals surface area contributed by atoms with Crippen LogP contribution in [0.15, 0.2) is 60.9 Å². The number of hydrogen-bond donors (Lipinski definition) is 0. The molecule has 1 atom stereocenters. The Bertz CT molecular complexity index is 1000. The minimum Gasteiger partial charge on any atom is -0.476 e. The molecule has 0 bridgehead atoms. The van der Waals surface area contributed by atoms with Gasteiger partial charge in [0.15, 0.2) is 17.7 Å². The topological polar surface area (TPSA) is 61.3 Å². The fourth-order valence-corrected chi connectivity index (χ4v) is 3.87. The fourth-order valence-electron chi connectivity index (χ4n) is 3.87. The van der Waals surface area contributed by atoms with Crippen LogP contribution in [0.3, 0.4) is 0 Å². The Morgan fingerprint density at radius 3 is 2.33 bits per heavy atom. The maximum absolute atomic E-state index is 11.9. The molecule has 0 aliphatic carbocycles. The predicted molar refractivity (Wildman–Crippen MR) is 132 cm³/mol. The lowest BCUT2D eigenvalue weighted by atomic mass is 9.92. The van der Waals surface area contributed by atoms with Crippen molar-refractivity contribution in [2.24, 2.45) is 0 Å². The van der Waals surface area contributed by atoms with Crippen molar-refractivity contribution in [1.82, 2.24) is 9.97 Å². The highest BCUT2D eigenvalue weighted by Crippen LogP contribution is 2.34. The number of aryl methyl sites for hydroxylation is 1. The summed E-state index contributed by atoms with van der Waals surface area (Å²) in [6.45, 7) is 5.99. The fraction of sp³-hybridized carbons (Fsp3) is 0.393. The second-order valence-electron chi connectivity index (χ2n) is 8.12. The maximum atomic E-state index is 11.9. The van der Waals surface area contributed by atoms with Gasteiger partial charge in [0, 0.05) is 5.56 Å². The van der Waals surface area contributed by atoms with Gasteiger partial charge in [0.05, 0.1) is 19.0 Å². The molecule has 3 rings (SSSR count). The van der Waals surface area contributed by atoms with E-state index in [1.54, 1.807) is 26.2 Å². The van der Waals surface area contributed by atoms with Crippen LogP contribution in [0, 0.1) is 0 Å². The first kappa shape index (κ1) is 24.4. The summed E-state index contributed by atoms with van der Waals surface area (Å²) in [5.41, 5.74) is 4.57. The third kappa shape index (κ3) is 6.88. The van der Waals surface area contributed by atoms with Crippen molar-refractivity contribution in [3.8, 4) is 28.3 Å². The molecule has 5 heteroatoms. The number of nitrogens with zero attached hydrogens (tertiary/aromatic N) is 2. The molecule has 0 saturated heterocycles. The first-order chi connectivity index (χ1) is 16.1. The van der Waals surface area contributed by atoms with Crippen molar-refractivity contribution < 1.29 is 14.3 Å². The van der Waals surface area contributed by atoms with E-state index in [0.29, 0.717) is 18.2 Å². The van der Waals surface area contributed by atoms with Gasteiger partial charge in [-0.15, -0.1) is 0 Å². The van der Waals surface area contributed by atoms with Gasteiger partial charge in [-0.05, 0) is 43.4 Å². The summed E-state index contributed by atoms with van der Waals surface area (Å²) in [4.78, 5) is 21.1. The summed E-state index contributed by atoms with van der Waals surface area (Å²) in [6, 6.07) is 16.8. The molecule has 1 heterocycles. The smallest absolute Gasteiger partial charge is 0.347 e. The van der Waals surface area contributed by atoms with Gasteiger partial charge in [-0.3, -0.25) is 0 Å². The lowest BCUT2D eigenvalue weighted by molar-refractivity contribution is -0.150. The van der Waals surface area contributed by atoms with Gasteiger partial charge >= 0.3 is 5.97 Å². The zero-order valence-corrected chi connectivity index (χ0v) is 19.9. The van der Waals surface area contributed by atoms with Crippen molar-refractivity contribution in [3.05, 3.63) is 66.5 Å². The molecule has 3 aromatic rings. The largest absolute Gasteiger partial charge is 0.476 e. The molecule has 0 fully saturated rings. The van der Waals surface area contributed by atoms with Gasteiger partial charge in [-0.1, -0.05) is 81.1 Å². The number of aromatic nitrogens is 2. The summed E-state index contributed by atoms with van der Waals surface area (Å²) >= 11 is 0. The zero-order chi connectivity index (χ0) is 23.5. The normalized spacial score (nSPS) is 11.7. The number of hydrogen-bond acceptors (Lipinski definition) is 5. The highest BCUT2D eigenvalue weighted by molar-refractivity contribution is 5.83. The van der Waals surface area contributed by atoms with Gasteiger partial charge in [0.25, 0.3) is 0 Å². The number of rotatable bonds is 12. The first-order valence-electron chi connectivity index (χ1n) is 12.0. The van der Waals surface area contributed by atoms with Crippen molar-refractivity contribution in [3.63, 3.8) is 0 Å². The Morgan fingerprint density at radius 1 is 0.909 bits per heavy atom. The SMILES string of the molecule is CCCCCCCc1cccc(-c2ccccc2)c1-c1ncc(O[C@@H](C)C(=O)OCC)cn1. The second-order valence-corrected chi connectivity index (χ2v) is 8.12. The van der Waals surface area contributed by atoms with Crippen LogP contribution in [0.2, 0.25) is 0 Å². The van der Waals surface area contributed by atoms with Gasteiger partial charge in [-0.2, -0.15) is 0 Å². The number of carbonyl (C=O) groups is 1. The number of unbranched alkanes of at least 4 members (excludes halogenated alkanes) is 4. The van der Waals surface area contributed by atoms with Gasteiger partial charge in [-0.25, -0.2) is 14.8 Å². The van der Waals surface area contributed by atoms with Gasteiger partial charge in [0.2, 0.25) is 0 Å². The minimum absolute atomic E-state index is 0.319. The Morgan fingerprint density at radius 2 is 1.64 bits per heavy atom. The Balaban J connectivity index is 1.88. The van der Waals surface area contributed by atoms with Crippen LogP contribution < -0.4 is 4.74 Å². The van der Waals surface area contributed by atoms with Crippen LogP contribution in [0.25, 0.3) is 22.5 Å². The number of ether oxygens (including phenoxy) is 2. The van der Waals surface area contributed by atoms with E-state index in [-0.39, 0.29) is 0 Å². The molecule has 0 aliphatic rings. The average Bonchev–Trinajstić information content (AvgIpc) is 2.85. The van der Waals surface area contributed by atoms with Crippen molar-refractivity contribution in [1.29, 1.82) is 0 Å². The van der Waals surface area contributed by atoms with E-state index in [2.05, 4.69) is 47.2 Å². The lowest BCUT2D eigenvalue weighted by Crippen LogP contribution is -2.26. The van der Waals surface area contributed by atoms with Crippen molar-refractivity contribution in [2.45, 2.75) is 65.4 Å². The first-order valence-corrected chi connectivity index (χ1v) is 12.0. The van der Waals surface area contributed by atoms with Crippen molar-refractivity contribution >= 4 is 5.97 Å². The summed E-state index contributed by atoms with van der Waals surface area (Å²) < 4.78 is 10.7. The van der Waals surface area contributed by atoms with Crippen LogP contribution in [-0.4, -0.2) is 28.6 Å². The van der Waals surface area contributed by atoms with Gasteiger partial charge < -0.3 is 9.47 Å². The third-order valence-corrected chi connectivity index (χ3v) is 5.57. The molecule has 0 unspecified atom stereocenters. The minimum atomic E-state index is -0.713. The predicted octanol–water partition coefficient (Wildman–Crippen LogP) is 6.65. The average molecular weight is 447 g/mol. The van der Waals surface area contributed by atoms with Crippen LogP contribution >= 0.6 is 0 Å². The Hall–Kier alpha value is -3.21. The number of benzene rings is 2. The molecule has 1 aromatic heterocycles. The third-order valence-electron chi connectivity index (χ3n) is 5.57. The quantitative estimate of drug-likeness (QED) is 0.230. The molecule has 0 amide bonds. The molecule has 2 aromatic carbocycles. The molecule has 0 aliphatic heterocycles. The molecule has 0 N–H and O–H groups in total. The Kier molecular flexibility index (Phi) is 9.43. The summed E-state index contributed by atoms with van der Waals surface area (Å²) in [5.74, 6) is 0.702. The highest BCUT2D eigenvalue weighted by atomic mass is 16.6. The van der Waals surface area contributed by atoms with Crippen LogP contribution in [-0.2, 0) is 16.0 Å². The number of carbonyl (C=O) groups excluding carboxylic acids is 1.